The number of hydrogen-bond acceptors (Lipinski definition) is 6. The Morgan fingerprint density at radius 1 is 0.892 bits per heavy atom. The van der Waals surface area contributed by atoms with E-state index in [1.807, 2.05) is 6.07 Å². The van der Waals surface area contributed by atoms with Crippen LogP contribution in [0.4, 0.5) is 0 Å². The standard InChI is InChI=1S/C31H27N3O2S/c1-33-18-24(16-21-8-4-2-5-9-21)29-25(19-33)30(22-10-6-3-7-11-22)34-26(20-37-31(34)32-29)23-12-13-27-28(17-23)36-15-14-35-27/h2-13,16-17,20,30H,14-15,18-19H2,1H3/b24-16+/t30-/m1/s1. The average Bonchev–Trinajstić information content (AvgIpc) is 3.36. The lowest BCUT2D eigenvalue weighted by atomic mass is 9.88. The van der Waals surface area contributed by atoms with Gasteiger partial charge >= 0.3 is 0 Å². The molecule has 0 bridgehead atoms. The molecule has 4 aliphatic rings. The summed E-state index contributed by atoms with van der Waals surface area (Å²) < 4.78 is 11.7. The lowest BCUT2D eigenvalue weighted by Crippen LogP contribution is -2.40. The SMILES string of the molecule is CN1CC2=C(N=C3SC=C(c4ccc5c(c4)OCCO5)N3[C@@H]2c2ccccc2)/C(=C/c2ccccc2)C1. The molecule has 6 heteroatoms. The third-order valence-electron chi connectivity index (χ3n) is 7.12. The molecule has 0 radical (unpaired) electrons. The van der Waals surface area contributed by atoms with Crippen molar-refractivity contribution >= 4 is 28.7 Å². The van der Waals surface area contributed by atoms with Gasteiger partial charge in [0.05, 0.1) is 17.4 Å². The number of benzene rings is 3. The fraction of sp³-hybridized carbons (Fsp3) is 0.194. The second-order valence-corrected chi connectivity index (χ2v) is 10.5. The van der Waals surface area contributed by atoms with Crippen LogP contribution in [0.2, 0.25) is 0 Å². The van der Waals surface area contributed by atoms with Gasteiger partial charge in [-0.05, 0) is 53.6 Å². The van der Waals surface area contributed by atoms with E-state index in [0.29, 0.717) is 13.2 Å². The summed E-state index contributed by atoms with van der Waals surface area (Å²) in [4.78, 5) is 10.1. The second kappa shape index (κ2) is 9.29. The van der Waals surface area contributed by atoms with Crippen LogP contribution < -0.4 is 9.47 Å². The highest BCUT2D eigenvalue weighted by atomic mass is 32.2. The van der Waals surface area contributed by atoms with Crippen LogP contribution in [0.1, 0.15) is 22.7 Å². The summed E-state index contributed by atoms with van der Waals surface area (Å²) in [7, 11) is 2.19. The van der Waals surface area contributed by atoms with Gasteiger partial charge in [0.25, 0.3) is 0 Å². The molecule has 0 fully saturated rings. The summed E-state index contributed by atoms with van der Waals surface area (Å²) in [5, 5.41) is 3.24. The molecule has 0 aliphatic carbocycles. The molecule has 4 heterocycles. The molecule has 0 unspecified atom stereocenters. The maximum absolute atomic E-state index is 5.91. The molecule has 1 atom stereocenters. The van der Waals surface area contributed by atoms with E-state index in [0.717, 1.165) is 46.7 Å². The van der Waals surface area contributed by atoms with Gasteiger partial charge in [0.2, 0.25) is 0 Å². The minimum Gasteiger partial charge on any atom is -0.486 e. The number of nitrogens with zero attached hydrogens (tertiary/aromatic N) is 3. The Balaban J connectivity index is 1.36. The average molecular weight is 506 g/mol. The molecule has 0 aromatic heterocycles. The predicted molar refractivity (Wildman–Crippen MR) is 150 cm³/mol. The maximum atomic E-state index is 5.91. The van der Waals surface area contributed by atoms with Gasteiger partial charge < -0.3 is 14.4 Å². The first-order valence-corrected chi connectivity index (χ1v) is 13.5. The summed E-state index contributed by atoms with van der Waals surface area (Å²) in [6, 6.07) is 27.7. The number of thioether (sulfide) groups is 1. The minimum absolute atomic E-state index is 0.0556. The third-order valence-corrected chi connectivity index (χ3v) is 7.96. The highest BCUT2D eigenvalue weighted by Gasteiger charge is 2.41. The smallest absolute Gasteiger partial charge is 0.174 e. The van der Waals surface area contributed by atoms with Gasteiger partial charge in [-0.1, -0.05) is 72.4 Å². The molecule has 5 nitrogen and oxygen atoms in total. The van der Waals surface area contributed by atoms with Gasteiger partial charge in [0.15, 0.2) is 16.7 Å². The van der Waals surface area contributed by atoms with Crippen molar-refractivity contribution in [1.29, 1.82) is 0 Å². The largest absolute Gasteiger partial charge is 0.486 e. The molecule has 0 N–H and O–H groups in total. The van der Waals surface area contributed by atoms with Gasteiger partial charge in [-0.15, -0.1) is 0 Å². The first-order chi connectivity index (χ1) is 18.2. The van der Waals surface area contributed by atoms with Gasteiger partial charge in [-0.3, -0.25) is 4.90 Å². The molecule has 0 saturated heterocycles. The highest BCUT2D eigenvalue weighted by Crippen LogP contribution is 2.49. The van der Waals surface area contributed by atoms with Crippen molar-refractivity contribution in [3.05, 3.63) is 118 Å². The van der Waals surface area contributed by atoms with Crippen molar-refractivity contribution in [1.82, 2.24) is 9.80 Å². The van der Waals surface area contributed by atoms with E-state index in [2.05, 4.69) is 101 Å². The fourth-order valence-corrected chi connectivity index (χ4v) is 6.45. The zero-order valence-electron chi connectivity index (χ0n) is 20.6. The van der Waals surface area contributed by atoms with Crippen LogP contribution in [0.15, 0.2) is 106 Å². The molecular formula is C31H27N3O2S. The highest BCUT2D eigenvalue weighted by molar-refractivity contribution is 8.16. The maximum Gasteiger partial charge on any atom is 0.174 e. The van der Waals surface area contributed by atoms with Crippen molar-refractivity contribution in [3.63, 3.8) is 0 Å². The van der Waals surface area contributed by atoms with Crippen molar-refractivity contribution in [2.45, 2.75) is 6.04 Å². The Hall–Kier alpha value is -3.74. The van der Waals surface area contributed by atoms with E-state index >= 15 is 0 Å². The quantitative estimate of drug-likeness (QED) is 0.424. The number of likely N-dealkylation sites (N-methyl/N-ethyl adjacent to an activating group) is 1. The Morgan fingerprint density at radius 2 is 1.65 bits per heavy atom. The Labute approximate surface area is 221 Å². The van der Waals surface area contributed by atoms with Crippen LogP contribution in [0.25, 0.3) is 11.8 Å². The zero-order valence-corrected chi connectivity index (χ0v) is 21.4. The van der Waals surface area contributed by atoms with Crippen LogP contribution in [-0.2, 0) is 0 Å². The summed E-state index contributed by atoms with van der Waals surface area (Å²) in [6.07, 6.45) is 2.29. The number of rotatable bonds is 3. The van der Waals surface area contributed by atoms with Gasteiger partial charge in [0, 0.05) is 24.1 Å². The number of hydrogen-bond donors (Lipinski definition) is 0. The lowest BCUT2D eigenvalue weighted by molar-refractivity contribution is 0.171. The van der Waals surface area contributed by atoms with Gasteiger partial charge in [-0.2, -0.15) is 0 Å². The van der Waals surface area contributed by atoms with Gasteiger partial charge in [0.1, 0.15) is 13.2 Å². The molecule has 3 aromatic rings. The molecule has 3 aromatic carbocycles. The topological polar surface area (TPSA) is 37.3 Å². The summed E-state index contributed by atoms with van der Waals surface area (Å²) >= 11 is 1.70. The van der Waals surface area contributed by atoms with E-state index < -0.39 is 0 Å². The predicted octanol–water partition coefficient (Wildman–Crippen LogP) is 6.20. The first kappa shape index (κ1) is 22.5. The van der Waals surface area contributed by atoms with Crippen LogP contribution in [0.3, 0.4) is 0 Å². The van der Waals surface area contributed by atoms with Crippen molar-refractivity contribution in [3.8, 4) is 11.5 Å². The monoisotopic (exact) mass is 505 g/mol. The lowest BCUT2D eigenvalue weighted by Gasteiger charge is -2.42. The second-order valence-electron chi connectivity index (χ2n) is 9.68. The summed E-state index contributed by atoms with van der Waals surface area (Å²) in [5.41, 5.74) is 8.44. The van der Waals surface area contributed by atoms with Crippen LogP contribution in [0.5, 0.6) is 11.5 Å². The van der Waals surface area contributed by atoms with Crippen molar-refractivity contribution < 1.29 is 9.47 Å². The van der Waals surface area contributed by atoms with E-state index in [1.165, 1.54) is 22.3 Å². The first-order valence-electron chi connectivity index (χ1n) is 12.6. The number of aliphatic imine (C=N–C) groups is 1. The van der Waals surface area contributed by atoms with E-state index in [9.17, 15) is 0 Å². The van der Waals surface area contributed by atoms with E-state index in [1.54, 1.807) is 11.8 Å². The molecule has 4 aliphatic heterocycles. The fourth-order valence-electron chi connectivity index (χ4n) is 5.52. The summed E-state index contributed by atoms with van der Waals surface area (Å²) in [5.74, 6) is 1.61. The van der Waals surface area contributed by atoms with E-state index in [-0.39, 0.29) is 6.04 Å². The number of amidine groups is 1. The Morgan fingerprint density at radius 3 is 2.46 bits per heavy atom. The van der Waals surface area contributed by atoms with E-state index in [4.69, 9.17) is 14.5 Å². The minimum atomic E-state index is 0.0556. The third kappa shape index (κ3) is 4.06. The normalized spacial score (nSPS) is 21.9. The van der Waals surface area contributed by atoms with Crippen LogP contribution >= 0.6 is 11.8 Å². The van der Waals surface area contributed by atoms with Crippen molar-refractivity contribution in [2.24, 2.45) is 4.99 Å². The molecule has 7 rings (SSSR count). The Kier molecular flexibility index (Phi) is 5.64. The molecule has 184 valence electrons. The number of ether oxygens (including phenoxy) is 2. The van der Waals surface area contributed by atoms with Gasteiger partial charge in [-0.25, -0.2) is 4.99 Å². The number of fused-ring (bicyclic) bond motifs is 2. The Bertz CT molecular complexity index is 1480. The molecule has 0 amide bonds. The van der Waals surface area contributed by atoms with Crippen LogP contribution in [0, 0.1) is 0 Å². The summed E-state index contributed by atoms with van der Waals surface area (Å²) in [6.45, 7) is 2.91. The molecular weight excluding hydrogens is 478 g/mol. The van der Waals surface area contributed by atoms with Crippen molar-refractivity contribution in [2.75, 3.05) is 33.4 Å². The molecule has 37 heavy (non-hydrogen) atoms. The molecule has 0 saturated carbocycles. The van der Waals surface area contributed by atoms with Crippen LogP contribution in [-0.4, -0.2) is 48.3 Å². The molecule has 0 spiro atoms. The zero-order chi connectivity index (χ0) is 24.8.